The molecular weight excluding hydrogens is 443 g/mol. The van der Waals surface area contributed by atoms with Crippen molar-refractivity contribution < 1.29 is 26.7 Å². The monoisotopic (exact) mass is 464 g/mol. The summed E-state index contributed by atoms with van der Waals surface area (Å²) in [6.07, 6.45) is -2.99. The Bertz CT molecular complexity index is 1140. The first-order valence-electron chi connectivity index (χ1n) is 10.4. The molecule has 174 valence electrons. The quantitative estimate of drug-likeness (QED) is 0.503. The van der Waals surface area contributed by atoms with Crippen LogP contribution in [-0.2, 0) is 13.0 Å². The van der Waals surface area contributed by atoms with E-state index in [-0.39, 0.29) is 29.9 Å². The zero-order valence-corrected chi connectivity index (χ0v) is 17.6. The molecule has 2 heterocycles. The van der Waals surface area contributed by atoms with Crippen molar-refractivity contribution >= 4 is 11.7 Å². The molecule has 0 radical (unpaired) electrons. The normalized spacial score (nSPS) is 17.9. The van der Waals surface area contributed by atoms with Crippen LogP contribution in [0.3, 0.4) is 0 Å². The Labute approximate surface area is 186 Å². The highest BCUT2D eigenvalue weighted by Crippen LogP contribution is 2.44. The van der Waals surface area contributed by atoms with Gasteiger partial charge >= 0.3 is 6.18 Å². The maximum absolute atomic E-state index is 13.8. The van der Waals surface area contributed by atoms with Crippen molar-refractivity contribution in [2.45, 2.75) is 44.6 Å². The molecule has 1 aliphatic rings. The van der Waals surface area contributed by atoms with Gasteiger partial charge < -0.3 is 10.6 Å². The molecule has 0 saturated carbocycles. The molecule has 0 fully saturated rings. The van der Waals surface area contributed by atoms with E-state index in [9.17, 15) is 26.7 Å². The number of aryl methyl sites for hydroxylation is 1. The Hall–Kier alpha value is -3.43. The van der Waals surface area contributed by atoms with Crippen LogP contribution in [0.25, 0.3) is 0 Å². The standard InChI is InChI=1S/C23H21F5N4O/c1-2-13-3-5-15(6-4-13)19-10-20(23(26,27)28)32-21(31-19)18(12-30-32)22(33)29-11-14-7-16(24)9-17(25)8-14/h3-9,12,19-20,31H,2,10-11H2,1H3,(H,29,33). The lowest BCUT2D eigenvalue weighted by atomic mass is 9.95. The molecule has 3 aromatic rings. The average Bonchev–Trinajstić information content (AvgIpc) is 3.19. The van der Waals surface area contributed by atoms with Crippen LogP contribution in [0.4, 0.5) is 27.8 Å². The van der Waals surface area contributed by atoms with Crippen molar-refractivity contribution in [3.8, 4) is 0 Å². The van der Waals surface area contributed by atoms with Gasteiger partial charge in [-0.2, -0.15) is 18.3 Å². The number of nitrogens with zero attached hydrogens (tertiary/aromatic N) is 2. The predicted octanol–water partition coefficient (Wildman–Crippen LogP) is 5.31. The molecule has 1 amide bonds. The highest BCUT2D eigenvalue weighted by molar-refractivity contribution is 5.98. The lowest BCUT2D eigenvalue weighted by Gasteiger charge is -2.34. The Morgan fingerprint density at radius 3 is 2.39 bits per heavy atom. The summed E-state index contributed by atoms with van der Waals surface area (Å²) in [6, 6.07) is 7.49. The highest BCUT2D eigenvalue weighted by Gasteiger charge is 2.47. The summed E-state index contributed by atoms with van der Waals surface area (Å²) in [5.41, 5.74) is 1.81. The molecule has 4 rings (SSSR count). The van der Waals surface area contributed by atoms with E-state index in [0.29, 0.717) is 11.6 Å². The number of aromatic nitrogens is 2. The fraction of sp³-hybridized carbons (Fsp3) is 0.304. The SMILES string of the molecule is CCc1ccc(C2CC(C(F)(F)F)n3ncc(C(=O)NCc4cc(F)cc(F)c4)c3N2)cc1. The van der Waals surface area contributed by atoms with Crippen molar-refractivity contribution in [1.29, 1.82) is 0 Å². The van der Waals surface area contributed by atoms with Gasteiger partial charge in [0.25, 0.3) is 5.91 Å². The number of rotatable bonds is 5. The summed E-state index contributed by atoms with van der Waals surface area (Å²) < 4.78 is 69.0. The van der Waals surface area contributed by atoms with E-state index in [0.717, 1.165) is 35.0 Å². The second kappa shape index (κ2) is 8.84. The van der Waals surface area contributed by atoms with Gasteiger partial charge in [-0.3, -0.25) is 4.79 Å². The number of hydrogen-bond donors (Lipinski definition) is 2. The second-order valence-electron chi connectivity index (χ2n) is 7.90. The second-order valence-corrected chi connectivity index (χ2v) is 7.90. The van der Waals surface area contributed by atoms with Gasteiger partial charge in [0.2, 0.25) is 0 Å². The first kappa shape index (κ1) is 22.8. The summed E-state index contributed by atoms with van der Waals surface area (Å²) in [5.74, 6) is -2.37. The van der Waals surface area contributed by atoms with Gasteiger partial charge in [-0.25, -0.2) is 13.5 Å². The number of anilines is 1. The molecule has 0 aliphatic carbocycles. The van der Waals surface area contributed by atoms with Crippen molar-refractivity contribution in [2.75, 3.05) is 5.32 Å². The Morgan fingerprint density at radius 2 is 1.79 bits per heavy atom. The largest absolute Gasteiger partial charge is 0.410 e. The number of carbonyl (C=O) groups excluding carboxylic acids is 1. The van der Waals surface area contributed by atoms with Gasteiger partial charge in [0, 0.05) is 19.0 Å². The molecule has 1 aliphatic heterocycles. The number of fused-ring (bicyclic) bond motifs is 1. The van der Waals surface area contributed by atoms with Crippen LogP contribution in [0.5, 0.6) is 0 Å². The third-order valence-electron chi connectivity index (χ3n) is 5.65. The fourth-order valence-corrected chi connectivity index (χ4v) is 3.92. The van der Waals surface area contributed by atoms with Gasteiger partial charge in [0.15, 0.2) is 6.04 Å². The third kappa shape index (κ3) is 4.84. The van der Waals surface area contributed by atoms with E-state index < -0.39 is 35.8 Å². The van der Waals surface area contributed by atoms with Crippen molar-refractivity contribution in [1.82, 2.24) is 15.1 Å². The molecule has 2 aromatic carbocycles. The number of hydrogen-bond acceptors (Lipinski definition) is 3. The predicted molar refractivity (Wildman–Crippen MR) is 112 cm³/mol. The van der Waals surface area contributed by atoms with Crippen LogP contribution in [0.1, 0.15) is 52.5 Å². The lowest BCUT2D eigenvalue weighted by Crippen LogP contribution is -2.36. The van der Waals surface area contributed by atoms with E-state index in [4.69, 9.17) is 0 Å². The summed E-state index contributed by atoms with van der Waals surface area (Å²) >= 11 is 0. The molecule has 2 atom stereocenters. The number of halogens is 5. The zero-order valence-electron chi connectivity index (χ0n) is 17.6. The minimum absolute atomic E-state index is 0.0592. The van der Waals surface area contributed by atoms with E-state index in [1.807, 2.05) is 19.1 Å². The van der Waals surface area contributed by atoms with E-state index in [1.54, 1.807) is 12.1 Å². The van der Waals surface area contributed by atoms with Crippen LogP contribution >= 0.6 is 0 Å². The van der Waals surface area contributed by atoms with E-state index in [1.165, 1.54) is 0 Å². The first-order valence-corrected chi connectivity index (χ1v) is 10.4. The highest BCUT2D eigenvalue weighted by atomic mass is 19.4. The summed E-state index contributed by atoms with van der Waals surface area (Å²) in [4.78, 5) is 12.7. The van der Waals surface area contributed by atoms with Crippen molar-refractivity contribution in [2.24, 2.45) is 0 Å². The average molecular weight is 464 g/mol. The number of nitrogens with one attached hydrogen (secondary N) is 2. The van der Waals surface area contributed by atoms with Crippen LogP contribution in [0.15, 0.2) is 48.7 Å². The molecule has 0 spiro atoms. The molecule has 2 N–H and O–H groups in total. The lowest BCUT2D eigenvalue weighted by molar-refractivity contribution is -0.173. The Kier molecular flexibility index (Phi) is 6.09. The van der Waals surface area contributed by atoms with Crippen LogP contribution in [-0.4, -0.2) is 21.9 Å². The first-order chi connectivity index (χ1) is 15.7. The number of amides is 1. The Morgan fingerprint density at radius 1 is 1.12 bits per heavy atom. The summed E-state index contributed by atoms with van der Waals surface area (Å²) in [7, 11) is 0. The van der Waals surface area contributed by atoms with Gasteiger partial charge in [-0.1, -0.05) is 31.2 Å². The van der Waals surface area contributed by atoms with Gasteiger partial charge in [-0.15, -0.1) is 0 Å². The van der Waals surface area contributed by atoms with E-state index in [2.05, 4.69) is 15.7 Å². The van der Waals surface area contributed by atoms with Crippen LogP contribution < -0.4 is 10.6 Å². The zero-order chi connectivity index (χ0) is 23.8. The molecular formula is C23H21F5N4O. The Balaban J connectivity index is 1.60. The maximum atomic E-state index is 13.8. The molecule has 10 heteroatoms. The molecule has 0 bridgehead atoms. The summed E-state index contributed by atoms with van der Waals surface area (Å²) in [5, 5.41) is 9.32. The molecule has 0 saturated heterocycles. The van der Waals surface area contributed by atoms with Gasteiger partial charge in [-0.05, 0) is 35.2 Å². The minimum atomic E-state index is -4.57. The number of alkyl halides is 3. The van der Waals surface area contributed by atoms with E-state index >= 15 is 0 Å². The van der Waals surface area contributed by atoms with Gasteiger partial charge in [0.1, 0.15) is 23.0 Å². The number of carbonyl (C=O) groups is 1. The summed E-state index contributed by atoms with van der Waals surface area (Å²) in [6.45, 7) is 1.78. The minimum Gasteiger partial charge on any atom is -0.363 e. The number of benzene rings is 2. The van der Waals surface area contributed by atoms with Crippen molar-refractivity contribution in [3.63, 3.8) is 0 Å². The smallest absolute Gasteiger partial charge is 0.363 e. The van der Waals surface area contributed by atoms with Crippen LogP contribution in [0, 0.1) is 11.6 Å². The van der Waals surface area contributed by atoms with Gasteiger partial charge in [0.05, 0.1) is 12.2 Å². The topological polar surface area (TPSA) is 59.0 Å². The molecule has 33 heavy (non-hydrogen) atoms. The van der Waals surface area contributed by atoms with Crippen molar-refractivity contribution in [3.05, 3.63) is 82.5 Å². The third-order valence-corrected chi connectivity index (χ3v) is 5.65. The fourth-order valence-electron chi connectivity index (χ4n) is 3.92. The molecule has 2 unspecified atom stereocenters. The molecule has 5 nitrogen and oxygen atoms in total. The molecule has 1 aromatic heterocycles. The maximum Gasteiger partial charge on any atom is 0.410 e. The van der Waals surface area contributed by atoms with Crippen LogP contribution in [0.2, 0.25) is 0 Å².